The number of benzene rings is 1. The molecular weight excluding hydrogens is 496 g/mol. The molecule has 2 aromatic heterocycles. The van der Waals surface area contributed by atoms with Crippen molar-refractivity contribution in [2.75, 3.05) is 40.0 Å². The SMILES string of the molecule is CN(C)Cc1cc(C#CC(C)(C)O)cc(C(O)(O)Oc2cc(-c3cnn(C4CCN(C)CC4)c3)cnc2N)c1. The van der Waals surface area contributed by atoms with Gasteiger partial charge in [-0.3, -0.25) is 4.68 Å². The zero-order valence-electron chi connectivity index (χ0n) is 23.2. The van der Waals surface area contributed by atoms with Gasteiger partial charge in [0.1, 0.15) is 5.60 Å². The minimum Gasteiger partial charge on any atom is -0.432 e. The summed E-state index contributed by atoms with van der Waals surface area (Å²) in [5, 5.41) is 36.7. The molecule has 0 unspecified atom stereocenters. The molecule has 3 aromatic rings. The number of rotatable bonds is 7. The lowest BCUT2D eigenvalue weighted by molar-refractivity contribution is -0.303. The number of pyridine rings is 1. The first-order valence-electron chi connectivity index (χ1n) is 13.0. The predicted octanol–water partition coefficient (Wildman–Crippen LogP) is 2.15. The second-order valence-corrected chi connectivity index (χ2v) is 11.0. The third-order valence-corrected chi connectivity index (χ3v) is 6.51. The molecule has 4 rings (SSSR count). The van der Waals surface area contributed by atoms with E-state index in [1.807, 2.05) is 35.9 Å². The standard InChI is InChI=1S/C29H38N6O4/c1-28(2,36)9-6-20-12-21(18-33(3)4)14-24(13-20)29(37,38)39-26-15-22(16-31-27(26)30)23-17-32-35(19-23)25-7-10-34(5)11-8-25/h12-17,19,25,36-38H,7-8,10-11,18H2,1-5H3,(H2,30,31). The molecule has 0 radical (unpaired) electrons. The number of aliphatic hydroxyl groups is 3. The Morgan fingerprint density at radius 2 is 1.79 bits per heavy atom. The van der Waals surface area contributed by atoms with Crippen LogP contribution in [-0.4, -0.2) is 79.7 Å². The number of nitrogens with zero attached hydrogens (tertiary/aromatic N) is 5. The topological polar surface area (TPSA) is 133 Å². The first kappa shape index (κ1) is 28.5. The Kier molecular flexibility index (Phi) is 8.30. The monoisotopic (exact) mass is 534 g/mol. The number of likely N-dealkylation sites (tertiary alicyclic amines) is 1. The van der Waals surface area contributed by atoms with Gasteiger partial charge in [0.15, 0.2) is 11.6 Å². The lowest BCUT2D eigenvalue weighted by Gasteiger charge is -2.28. The van der Waals surface area contributed by atoms with Crippen molar-refractivity contribution in [3.63, 3.8) is 0 Å². The molecule has 0 aliphatic carbocycles. The molecule has 1 fully saturated rings. The Balaban J connectivity index is 1.61. The summed E-state index contributed by atoms with van der Waals surface area (Å²) in [7, 11) is 5.93. The number of nitrogens with two attached hydrogens (primary N) is 1. The largest absolute Gasteiger partial charge is 0.432 e. The van der Waals surface area contributed by atoms with Gasteiger partial charge in [-0.1, -0.05) is 11.8 Å². The Morgan fingerprint density at radius 1 is 1.08 bits per heavy atom. The van der Waals surface area contributed by atoms with Crippen molar-refractivity contribution in [2.45, 2.75) is 50.8 Å². The highest BCUT2D eigenvalue weighted by Gasteiger charge is 2.31. The van der Waals surface area contributed by atoms with E-state index < -0.39 is 11.6 Å². The van der Waals surface area contributed by atoms with Gasteiger partial charge in [0.2, 0.25) is 0 Å². The van der Waals surface area contributed by atoms with Crippen LogP contribution in [0.1, 0.15) is 49.4 Å². The summed E-state index contributed by atoms with van der Waals surface area (Å²) in [6.45, 7) is 5.74. The van der Waals surface area contributed by atoms with E-state index in [-0.39, 0.29) is 17.1 Å². The van der Waals surface area contributed by atoms with Crippen LogP contribution in [0.15, 0.2) is 42.9 Å². The predicted molar refractivity (Wildman–Crippen MR) is 149 cm³/mol. The summed E-state index contributed by atoms with van der Waals surface area (Å²) in [6, 6.07) is 6.93. The molecule has 0 amide bonds. The second kappa shape index (κ2) is 11.3. The van der Waals surface area contributed by atoms with E-state index in [1.165, 1.54) is 6.07 Å². The molecule has 1 saturated heterocycles. The molecular formula is C29H38N6O4. The highest BCUT2D eigenvalue weighted by molar-refractivity contribution is 5.66. The van der Waals surface area contributed by atoms with Gasteiger partial charge in [0, 0.05) is 35.6 Å². The van der Waals surface area contributed by atoms with E-state index in [0.717, 1.165) is 37.1 Å². The fraction of sp³-hybridized carbons (Fsp3) is 0.448. The zero-order chi connectivity index (χ0) is 28.4. The molecule has 0 spiro atoms. The van der Waals surface area contributed by atoms with Crippen LogP contribution < -0.4 is 10.5 Å². The summed E-state index contributed by atoms with van der Waals surface area (Å²) in [5.74, 6) is 2.97. The Labute approximate surface area is 229 Å². The van der Waals surface area contributed by atoms with E-state index in [4.69, 9.17) is 10.5 Å². The average molecular weight is 535 g/mol. The van der Waals surface area contributed by atoms with Gasteiger partial charge in [-0.15, -0.1) is 0 Å². The molecule has 0 atom stereocenters. The van der Waals surface area contributed by atoms with Gasteiger partial charge in [-0.2, -0.15) is 5.10 Å². The number of aromatic nitrogens is 3. The zero-order valence-corrected chi connectivity index (χ0v) is 23.2. The molecule has 10 heteroatoms. The fourth-order valence-corrected chi connectivity index (χ4v) is 4.49. The van der Waals surface area contributed by atoms with E-state index in [2.05, 4.69) is 33.9 Å². The molecule has 1 aliphatic rings. The van der Waals surface area contributed by atoms with Gasteiger partial charge in [-0.05, 0) is 90.8 Å². The third kappa shape index (κ3) is 7.56. The van der Waals surface area contributed by atoms with E-state index in [1.54, 1.807) is 38.4 Å². The highest BCUT2D eigenvalue weighted by Crippen LogP contribution is 2.33. The second-order valence-electron chi connectivity index (χ2n) is 11.0. The number of piperidine rings is 1. The van der Waals surface area contributed by atoms with E-state index in [9.17, 15) is 15.3 Å². The van der Waals surface area contributed by atoms with Crippen molar-refractivity contribution >= 4 is 5.82 Å². The lowest BCUT2D eigenvalue weighted by atomic mass is 10.0. The van der Waals surface area contributed by atoms with Crippen molar-refractivity contribution in [2.24, 2.45) is 0 Å². The Hall–Kier alpha value is -3.46. The van der Waals surface area contributed by atoms with Gasteiger partial charge in [0.25, 0.3) is 0 Å². The summed E-state index contributed by atoms with van der Waals surface area (Å²) in [4.78, 5) is 8.48. The summed E-state index contributed by atoms with van der Waals surface area (Å²) in [5.41, 5.74) is 7.74. The summed E-state index contributed by atoms with van der Waals surface area (Å²) < 4.78 is 7.64. The van der Waals surface area contributed by atoms with Crippen molar-refractivity contribution < 1.29 is 20.1 Å². The normalized spacial score (nSPS) is 15.3. The number of hydrogen-bond donors (Lipinski definition) is 4. The first-order chi connectivity index (χ1) is 18.3. The third-order valence-electron chi connectivity index (χ3n) is 6.51. The maximum atomic E-state index is 11.1. The van der Waals surface area contributed by atoms with E-state index >= 15 is 0 Å². The van der Waals surface area contributed by atoms with Crippen LogP contribution in [0.2, 0.25) is 0 Å². The van der Waals surface area contributed by atoms with Gasteiger partial charge in [0.05, 0.1) is 17.8 Å². The lowest BCUT2D eigenvalue weighted by Crippen LogP contribution is -2.33. The quantitative estimate of drug-likeness (QED) is 0.266. The molecule has 0 bridgehead atoms. The van der Waals surface area contributed by atoms with Crippen LogP contribution in [0.4, 0.5) is 5.82 Å². The molecule has 1 aliphatic heterocycles. The average Bonchev–Trinajstić information content (AvgIpc) is 3.34. The van der Waals surface area contributed by atoms with Crippen molar-refractivity contribution in [3.8, 4) is 28.7 Å². The van der Waals surface area contributed by atoms with Crippen LogP contribution in [0.25, 0.3) is 11.1 Å². The molecule has 3 heterocycles. The van der Waals surface area contributed by atoms with Crippen LogP contribution >= 0.6 is 0 Å². The molecule has 10 nitrogen and oxygen atoms in total. The fourth-order valence-electron chi connectivity index (χ4n) is 4.49. The van der Waals surface area contributed by atoms with Crippen LogP contribution in [0, 0.1) is 11.8 Å². The summed E-state index contributed by atoms with van der Waals surface area (Å²) >= 11 is 0. The highest BCUT2D eigenvalue weighted by atomic mass is 16.8. The van der Waals surface area contributed by atoms with E-state index in [0.29, 0.717) is 23.7 Å². The van der Waals surface area contributed by atoms with Crippen molar-refractivity contribution in [3.05, 3.63) is 59.5 Å². The molecule has 1 aromatic carbocycles. The molecule has 208 valence electrons. The Morgan fingerprint density at radius 3 is 2.46 bits per heavy atom. The summed E-state index contributed by atoms with van der Waals surface area (Å²) in [6.07, 6.45) is 7.39. The minimum absolute atomic E-state index is 0.0143. The first-order valence-corrected chi connectivity index (χ1v) is 13.0. The number of nitrogen functional groups attached to an aromatic ring is 1. The van der Waals surface area contributed by atoms with Crippen LogP contribution in [0.5, 0.6) is 5.75 Å². The van der Waals surface area contributed by atoms with Crippen LogP contribution in [0.3, 0.4) is 0 Å². The number of ether oxygens (including phenoxy) is 1. The number of anilines is 1. The maximum Gasteiger partial charge on any atom is 0.351 e. The van der Waals surface area contributed by atoms with Crippen molar-refractivity contribution in [1.29, 1.82) is 0 Å². The number of hydrogen-bond acceptors (Lipinski definition) is 9. The molecule has 0 saturated carbocycles. The Bertz CT molecular complexity index is 1360. The molecule has 5 N–H and O–H groups in total. The van der Waals surface area contributed by atoms with Gasteiger partial charge in [-0.25, -0.2) is 4.98 Å². The molecule has 39 heavy (non-hydrogen) atoms. The van der Waals surface area contributed by atoms with Gasteiger partial charge >= 0.3 is 5.97 Å². The minimum atomic E-state index is -2.72. The van der Waals surface area contributed by atoms with Crippen molar-refractivity contribution in [1.82, 2.24) is 24.6 Å². The van der Waals surface area contributed by atoms with Gasteiger partial charge < -0.3 is 35.6 Å². The maximum absolute atomic E-state index is 11.1. The van der Waals surface area contributed by atoms with Crippen LogP contribution in [-0.2, 0) is 12.5 Å². The smallest absolute Gasteiger partial charge is 0.351 e.